The fraction of sp³-hybridized carbons (Fsp3) is 0.188. The predicted molar refractivity (Wildman–Crippen MR) is 150 cm³/mol. The van der Waals surface area contributed by atoms with E-state index in [0.717, 1.165) is 6.42 Å². The molecule has 1 aliphatic rings. The number of carboxylic acids is 1. The first-order chi connectivity index (χ1) is 18.4. The van der Waals surface area contributed by atoms with Crippen LogP contribution in [-0.4, -0.2) is 23.7 Å². The second-order valence-corrected chi connectivity index (χ2v) is 9.61. The molecule has 194 valence electrons. The Morgan fingerprint density at radius 3 is 2.08 bits per heavy atom. The maximum Gasteiger partial charge on any atom is 0.337 e. The number of benzene rings is 3. The Morgan fingerprint density at radius 2 is 1.50 bits per heavy atom. The molecule has 0 saturated carbocycles. The van der Waals surface area contributed by atoms with Gasteiger partial charge in [-0.3, -0.25) is 0 Å². The van der Waals surface area contributed by atoms with Gasteiger partial charge < -0.3 is 15.2 Å². The van der Waals surface area contributed by atoms with Crippen LogP contribution < -0.4 is 5.32 Å². The summed E-state index contributed by atoms with van der Waals surface area (Å²) in [5, 5.41) is 13.5. The normalized spacial score (nSPS) is 15.6. The van der Waals surface area contributed by atoms with Crippen LogP contribution in [0.3, 0.4) is 0 Å². The van der Waals surface area contributed by atoms with Crippen molar-refractivity contribution < 1.29 is 19.4 Å². The molecule has 3 aromatic rings. The molecule has 0 aromatic heterocycles. The second-order valence-electron chi connectivity index (χ2n) is 9.18. The first-order valence-corrected chi connectivity index (χ1v) is 12.8. The van der Waals surface area contributed by atoms with Crippen molar-refractivity contribution in [2.24, 2.45) is 0 Å². The highest BCUT2D eigenvalue weighted by atomic mass is 35.5. The lowest BCUT2D eigenvalue weighted by Gasteiger charge is -2.29. The van der Waals surface area contributed by atoms with E-state index in [4.69, 9.17) is 16.3 Å². The van der Waals surface area contributed by atoms with Crippen LogP contribution in [0.2, 0.25) is 5.02 Å². The molecular formula is C32H30ClNO4. The largest absolute Gasteiger partial charge is 0.478 e. The lowest BCUT2D eigenvalue weighted by atomic mass is 9.80. The number of rotatable bonds is 9. The smallest absolute Gasteiger partial charge is 0.337 e. The van der Waals surface area contributed by atoms with Gasteiger partial charge in [-0.25, -0.2) is 9.59 Å². The van der Waals surface area contributed by atoms with Crippen molar-refractivity contribution in [1.29, 1.82) is 0 Å². The number of nitrogens with one attached hydrogen (secondary N) is 1. The van der Waals surface area contributed by atoms with E-state index < -0.39 is 17.9 Å². The lowest BCUT2D eigenvalue weighted by molar-refractivity contribution is -0.138. The molecule has 0 bridgehead atoms. The third kappa shape index (κ3) is 6.24. The van der Waals surface area contributed by atoms with Crippen LogP contribution in [0.15, 0.2) is 120 Å². The third-order valence-corrected chi connectivity index (χ3v) is 6.88. The van der Waals surface area contributed by atoms with E-state index in [1.165, 1.54) is 11.1 Å². The van der Waals surface area contributed by atoms with E-state index in [1.807, 2.05) is 48.6 Å². The maximum absolute atomic E-state index is 13.3. The van der Waals surface area contributed by atoms with Crippen molar-refractivity contribution in [3.05, 3.63) is 141 Å². The van der Waals surface area contributed by atoms with E-state index in [0.29, 0.717) is 22.0 Å². The monoisotopic (exact) mass is 527 g/mol. The summed E-state index contributed by atoms with van der Waals surface area (Å²) in [4.78, 5) is 25.5. The van der Waals surface area contributed by atoms with Gasteiger partial charge in [0.15, 0.2) is 0 Å². The predicted octanol–water partition coefficient (Wildman–Crippen LogP) is 6.98. The number of halogens is 1. The van der Waals surface area contributed by atoms with E-state index in [-0.39, 0.29) is 23.7 Å². The Morgan fingerprint density at radius 1 is 0.895 bits per heavy atom. The Balaban J connectivity index is 1.50. The minimum absolute atomic E-state index is 0.0687. The molecule has 38 heavy (non-hydrogen) atoms. The average Bonchev–Trinajstić information content (AvgIpc) is 2.91. The topological polar surface area (TPSA) is 75.6 Å². The number of carbonyl (C=O) groups is 2. The molecule has 0 spiro atoms. The van der Waals surface area contributed by atoms with E-state index in [9.17, 15) is 14.7 Å². The molecule has 1 atom stereocenters. The summed E-state index contributed by atoms with van der Waals surface area (Å²) >= 11 is 6.20. The average molecular weight is 528 g/mol. The quantitative estimate of drug-likeness (QED) is 0.232. The van der Waals surface area contributed by atoms with Gasteiger partial charge in [-0.05, 0) is 49.1 Å². The minimum Gasteiger partial charge on any atom is -0.478 e. The number of hydrogen-bond acceptors (Lipinski definition) is 4. The van der Waals surface area contributed by atoms with Gasteiger partial charge in [-0.15, -0.1) is 0 Å². The summed E-state index contributed by atoms with van der Waals surface area (Å²) in [6.07, 6.45) is 4.58. The molecule has 4 rings (SSSR count). The Hall–Kier alpha value is -4.09. The minimum atomic E-state index is -1.11. The van der Waals surface area contributed by atoms with Crippen LogP contribution >= 0.6 is 11.6 Å². The number of allylic oxidation sites excluding steroid dienone is 3. The van der Waals surface area contributed by atoms with Crippen LogP contribution in [0.25, 0.3) is 0 Å². The summed E-state index contributed by atoms with van der Waals surface area (Å²) in [6.45, 7) is 3.50. The number of carbonyl (C=O) groups excluding carboxylic acids is 1. The highest BCUT2D eigenvalue weighted by Crippen LogP contribution is 2.39. The zero-order valence-electron chi connectivity index (χ0n) is 21.4. The molecule has 6 heteroatoms. The van der Waals surface area contributed by atoms with Gasteiger partial charge in [0.25, 0.3) is 0 Å². The summed E-state index contributed by atoms with van der Waals surface area (Å²) < 4.78 is 5.62. The number of aliphatic carboxylic acids is 1. The van der Waals surface area contributed by atoms with Crippen LogP contribution in [0.4, 0.5) is 0 Å². The second kappa shape index (κ2) is 12.4. The van der Waals surface area contributed by atoms with Gasteiger partial charge in [0, 0.05) is 22.3 Å². The molecule has 1 aliphatic heterocycles. The van der Waals surface area contributed by atoms with Crippen molar-refractivity contribution in [1.82, 2.24) is 5.32 Å². The number of esters is 1. The van der Waals surface area contributed by atoms with E-state index in [1.54, 1.807) is 38.1 Å². The molecule has 0 radical (unpaired) electrons. The van der Waals surface area contributed by atoms with Crippen molar-refractivity contribution in [3.63, 3.8) is 0 Å². The van der Waals surface area contributed by atoms with Crippen molar-refractivity contribution >= 4 is 23.5 Å². The summed E-state index contributed by atoms with van der Waals surface area (Å²) in [7, 11) is 0. The molecule has 5 nitrogen and oxygen atoms in total. The number of carboxylic acid groups (broad SMARTS) is 1. The molecule has 0 fully saturated rings. The van der Waals surface area contributed by atoms with Gasteiger partial charge in [0.05, 0.1) is 17.1 Å². The van der Waals surface area contributed by atoms with E-state index >= 15 is 0 Å². The fourth-order valence-corrected chi connectivity index (χ4v) is 5.10. The summed E-state index contributed by atoms with van der Waals surface area (Å²) in [5.74, 6) is -2.30. The molecule has 3 aromatic carbocycles. The fourth-order valence-electron chi connectivity index (χ4n) is 4.90. The number of hydrogen-bond donors (Lipinski definition) is 2. The van der Waals surface area contributed by atoms with Gasteiger partial charge in [0.2, 0.25) is 0 Å². The maximum atomic E-state index is 13.3. The molecule has 1 unspecified atom stereocenters. The molecular weight excluding hydrogens is 498 g/mol. The van der Waals surface area contributed by atoms with Crippen molar-refractivity contribution in [2.75, 3.05) is 6.61 Å². The first kappa shape index (κ1) is 27.0. The third-order valence-electron chi connectivity index (χ3n) is 6.65. The van der Waals surface area contributed by atoms with Gasteiger partial charge >= 0.3 is 11.9 Å². The Labute approximate surface area is 228 Å². The van der Waals surface area contributed by atoms with Crippen LogP contribution in [-0.2, 0) is 14.3 Å². The molecule has 0 aliphatic carbocycles. The molecule has 1 heterocycles. The summed E-state index contributed by atoms with van der Waals surface area (Å²) in [6, 6.07) is 27.5. The Bertz CT molecular complexity index is 1350. The Kier molecular flexibility index (Phi) is 8.82. The molecule has 0 amide bonds. The van der Waals surface area contributed by atoms with Crippen molar-refractivity contribution in [3.8, 4) is 0 Å². The van der Waals surface area contributed by atoms with Crippen LogP contribution in [0.5, 0.6) is 0 Å². The zero-order valence-corrected chi connectivity index (χ0v) is 22.1. The molecule has 2 N–H and O–H groups in total. The van der Waals surface area contributed by atoms with Crippen LogP contribution in [0, 0.1) is 0 Å². The number of dihydropyridines is 1. The first-order valence-electron chi connectivity index (χ1n) is 12.5. The number of ether oxygens (including phenoxy) is 1. The molecule has 0 saturated heterocycles. The van der Waals surface area contributed by atoms with E-state index in [2.05, 4.69) is 29.6 Å². The highest BCUT2D eigenvalue weighted by Gasteiger charge is 2.37. The van der Waals surface area contributed by atoms with Gasteiger partial charge in [-0.2, -0.15) is 0 Å². The highest BCUT2D eigenvalue weighted by molar-refractivity contribution is 6.30. The SMILES string of the molecule is CC1=C(C(=O)O)C(c2cccc(Cl)c2)C(C(=O)OC/C=C/CC(c2ccccc2)c2ccccc2)=C(C)N1. The van der Waals surface area contributed by atoms with Crippen LogP contribution in [0.1, 0.15) is 48.8 Å². The van der Waals surface area contributed by atoms with Gasteiger partial charge in [-0.1, -0.05) is 96.5 Å². The van der Waals surface area contributed by atoms with Crippen molar-refractivity contribution in [2.45, 2.75) is 32.1 Å². The standard InChI is InChI=1S/C32H30ClNO4/c1-21-28(31(35)36)30(25-16-11-17-26(33)20-25)29(22(2)34-21)32(37)38-19-10-9-18-27(23-12-5-3-6-13-23)24-14-7-4-8-15-24/h3-17,20,27,30,34H,18-19H2,1-2H3,(H,35,36)/b10-9+. The van der Waals surface area contributed by atoms with Gasteiger partial charge in [0.1, 0.15) is 6.61 Å². The zero-order chi connectivity index (χ0) is 27.1. The summed E-state index contributed by atoms with van der Waals surface area (Å²) in [5.41, 5.74) is 4.42. The lowest BCUT2D eigenvalue weighted by Crippen LogP contribution is -2.31.